The molecule has 1 heterocycles. The van der Waals surface area contributed by atoms with E-state index in [0.717, 1.165) is 5.69 Å². The van der Waals surface area contributed by atoms with E-state index < -0.39 is 0 Å². The third-order valence-corrected chi connectivity index (χ3v) is 4.95. The molecule has 2 fully saturated rings. The minimum atomic E-state index is 0.420. The summed E-state index contributed by atoms with van der Waals surface area (Å²) in [5.41, 5.74) is 8.56. The summed E-state index contributed by atoms with van der Waals surface area (Å²) in [5, 5.41) is 0. The van der Waals surface area contributed by atoms with Crippen molar-refractivity contribution >= 4 is 5.69 Å². The summed E-state index contributed by atoms with van der Waals surface area (Å²) < 4.78 is 0. The van der Waals surface area contributed by atoms with Gasteiger partial charge in [0.2, 0.25) is 0 Å². The molecule has 0 spiro atoms. The first-order chi connectivity index (χ1) is 9.09. The third kappa shape index (κ3) is 2.63. The van der Waals surface area contributed by atoms with Gasteiger partial charge in [-0.2, -0.15) is 0 Å². The van der Waals surface area contributed by atoms with Gasteiger partial charge >= 0.3 is 0 Å². The van der Waals surface area contributed by atoms with E-state index in [9.17, 15) is 0 Å². The number of piperazine rings is 1. The second-order valence-corrected chi connectivity index (χ2v) is 6.47. The Morgan fingerprint density at radius 3 is 2.47 bits per heavy atom. The molecular formula is C16H25N3. The topological polar surface area (TPSA) is 32.5 Å². The number of anilines is 1. The van der Waals surface area contributed by atoms with Gasteiger partial charge < -0.3 is 10.6 Å². The first-order valence-corrected chi connectivity index (χ1v) is 7.38. The second-order valence-electron chi connectivity index (χ2n) is 6.47. The number of likely N-dealkylation sites (N-methyl/N-ethyl adjacent to an activating group) is 1. The lowest BCUT2D eigenvalue weighted by Crippen LogP contribution is -2.51. The molecule has 3 heteroatoms. The Morgan fingerprint density at radius 1 is 1.21 bits per heavy atom. The highest BCUT2D eigenvalue weighted by Crippen LogP contribution is 2.49. The lowest BCUT2D eigenvalue weighted by atomic mass is 9.94. The maximum Gasteiger partial charge on any atom is 0.0314 e. The van der Waals surface area contributed by atoms with Crippen LogP contribution in [0.4, 0.5) is 5.69 Å². The molecule has 0 aromatic heterocycles. The predicted octanol–water partition coefficient (Wildman–Crippen LogP) is 1.94. The molecule has 2 aliphatic rings. The molecule has 1 aliphatic heterocycles. The molecule has 1 aromatic carbocycles. The highest BCUT2D eigenvalue weighted by atomic mass is 15.3. The summed E-state index contributed by atoms with van der Waals surface area (Å²) in [6.45, 7) is 7.15. The summed E-state index contributed by atoms with van der Waals surface area (Å²) in [6.07, 6.45) is 2.66. The molecule has 1 aliphatic carbocycles. The number of nitrogens with two attached hydrogens (primary N) is 1. The van der Waals surface area contributed by atoms with Crippen molar-refractivity contribution < 1.29 is 0 Å². The number of hydrogen-bond donors (Lipinski definition) is 1. The van der Waals surface area contributed by atoms with Crippen LogP contribution in [-0.4, -0.2) is 49.1 Å². The van der Waals surface area contributed by atoms with E-state index >= 15 is 0 Å². The van der Waals surface area contributed by atoms with Crippen molar-refractivity contribution in [3.05, 3.63) is 29.8 Å². The summed E-state index contributed by atoms with van der Waals surface area (Å²) in [7, 11) is 2.23. The summed E-state index contributed by atoms with van der Waals surface area (Å²) >= 11 is 0. The Balaban J connectivity index is 1.67. The molecule has 0 amide bonds. The fraction of sp³-hybridized carbons (Fsp3) is 0.625. The van der Waals surface area contributed by atoms with Gasteiger partial charge in [0.1, 0.15) is 0 Å². The fourth-order valence-electron chi connectivity index (χ4n) is 3.22. The molecular weight excluding hydrogens is 234 g/mol. The lowest BCUT2D eigenvalue weighted by molar-refractivity contribution is 0.0976. The lowest BCUT2D eigenvalue weighted by Gasteiger charge is -2.39. The SMILES string of the molecule is CC1CN(CC2(c3ccc(N)cc3)CC2)CCN1C. The second kappa shape index (κ2) is 4.80. The number of nitrogens with zero attached hydrogens (tertiary/aromatic N) is 2. The first-order valence-electron chi connectivity index (χ1n) is 7.38. The molecule has 1 saturated carbocycles. The minimum absolute atomic E-state index is 0.420. The van der Waals surface area contributed by atoms with E-state index in [4.69, 9.17) is 5.73 Å². The Labute approximate surface area is 116 Å². The molecule has 104 valence electrons. The zero-order valence-electron chi connectivity index (χ0n) is 12.1. The van der Waals surface area contributed by atoms with E-state index in [2.05, 4.69) is 35.9 Å². The highest BCUT2D eigenvalue weighted by molar-refractivity contribution is 5.43. The van der Waals surface area contributed by atoms with Crippen LogP contribution >= 0.6 is 0 Å². The quantitative estimate of drug-likeness (QED) is 0.842. The maximum atomic E-state index is 5.79. The molecule has 2 N–H and O–H groups in total. The van der Waals surface area contributed by atoms with Crippen molar-refractivity contribution in [1.29, 1.82) is 0 Å². The molecule has 1 atom stereocenters. The van der Waals surface area contributed by atoms with Crippen LogP contribution in [0.15, 0.2) is 24.3 Å². The molecule has 1 aromatic rings. The van der Waals surface area contributed by atoms with E-state index in [1.165, 1.54) is 44.6 Å². The Kier molecular flexibility index (Phi) is 3.27. The van der Waals surface area contributed by atoms with Gasteiger partial charge in [0.15, 0.2) is 0 Å². The summed E-state index contributed by atoms with van der Waals surface area (Å²) in [5.74, 6) is 0. The van der Waals surface area contributed by atoms with Gasteiger partial charge in [0.05, 0.1) is 0 Å². The van der Waals surface area contributed by atoms with Gasteiger partial charge in [-0.05, 0) is 44.5 Å². The third-order valence-electron chi connectivity index (χ3n) is 4.95. The van der Waals surface area contributed by atoms with Crippen molar-refractivity contribution in [2.24, 2.45) is 0 Å². The zero-order valence-corrected chi connectivity index (χ0v) is 12.1. The monoisotopic (exact) mass is 259 g/mol. The zero-order chi connectivity index (χ0) is 13.5. The molecule has 3 rings (SSSR count). The van der Waals surface area contributed by atoms with E-state index in [-0.39, 0.29) is 0 Å². The number of hydrogen-bond acceptors (Lipinski definition) is 3. The Bertz CT molecular complexity index is 436. The van der Waals surface area contributed by atoms with Crippen molar-refractivity contribution in [2.45, 2.75) is 31.2 Å². The van der Waals surface area contributed by atoms with E-state index in [0.29, 0.717) is 11.5 Å². The molecule has 19 heavy (non-hydrogen) atoms. The minimum Gasteiger partial charge on any atom is -0.399 e. The predicted molar refractivity (Wildman–Crippen MR) is 80.3 cm³/mol. The van der Waals surface area contributed by atoms with Gasteiger partial charge in [-0.1, -0.05) is 12.1 Å². The number of nitrogen functional groups attached to an aromatic ring is 1. The molecule has 3 nitrogen and oxygen atoms in total. The van der Waals surface area contributed by atoms with Crippen LogP contribution in [0.3, 0.4) is 0 Å². The fourth-order valence-corrected chi connectivity index (χ4v) is 3.22. The molecule has 0 radical (unpaired) electrons. The Morgan fingerprint density at radius 2 is 1.89 bits per heavy atom. The Hall–Kier alpha value is -1.06. The van der Waals surface area contributed by atoms with Crippen LogP contribution in [0.25, 0.3) is 0 Å². The van der Waals surface area contributed by atoms with Crippen molar-refractivity contribution in [2.75, 3.05) is 39.0 Å². The summed E-state index contributed by atoms with van der Waals surface area (Å²) in [4.78, 5) is 5.10. The van der Waals surface area contributed by atoms with Crippen LogP contribution in [0.5, 0.6) is 0 Å². The van der Waals surface area contributed by atoms with Crippen LogP contribution in [0, 0.1) is 0 Å². The average molecular weight is 259 g/mol. The van der Waals surface area contributed by atoms with Gasteiger partial charge in [-0.3, -0.25) is 4.90 Å². The van der Waals surface area contributed by atoms with Gasteiger partial charge in [0.25, 0.3) is 0 Å². The standard InChI is InChI=1S/C16H25N3/c1-13-11-19(10-9-18(13)2)12-16(7-8-16)14-3-5-15(17)6-4-14/h3-6,13H,7-12,17H2,1-2H3. The van der Waals surface area contributed by atoms with Crippen LogP contribution in [0.1, 0.15) is 25.3 Å². The van der Waals surface area contributed by atoms with Gasteiger partial charge in [0, 0.05) is 43.3 Å². The maximum absolute atomic E-state index is 5.79. The van der Waals surface area contributed by atoms with Crippen LogP contribution in [0.2, 0.25) is 0 Å². The normalized spacial score (nSPS) is 27.4. The van der Waals surface area contributed by atoms with E-state index in [1.54, 1.807) is 0 Å². The first kappa shape index (κ1) is 12.9. The molecule has 1 unspecified atom stereocenters. The van der Waals surface area contributed by atoms with Gasteiger partial charge in [-0.15, -0.1) is 0 Å². The number of rotatable bonds is 3. The van der Waals surface area contributed by atoms with Crippen molar-refractivity contribution in [3.63, 3.8) is 0 Å². The van der Waals surface area contributed by atoms with Crippen LogP contribution < -0.4 is 5.73 Å². The highest BCUT2D eigenvalue weighted by Gasteiger charge is 2.45. The number of benzene rings is 1. The molecule has 1 saturated heterocycles. The largest absolute Gasteiger partial charge is 0.399 e. The van der Waals surface area contributed by atoms with Crippen LogP contribution in [-0.2, 0) is 5.41 Å². The van der Waals surface area contributed by atoms with E-state index in [1.807, 2.05) is 12.1 Å². The summed E-state index contributed by atoms with van der Waals surface area (Å²) in [6, 6.07) is 9.21. The smallest absolute Gasteiger partial charge is 0.0314 e. The van der Waals surface area contributed by atoms with Crippen molar-refractivity contribution in [1.82, 2.24) is 9.80 Å². The average Bonchev–Trinajstić information content (AvgIpc) is 3.16. The molecule has 0 bridgehead atoms. The van der Waals surface area contributed by atoms with Crippen molar-refractivity contribution in [3.8, 4) is 0 Å². The van der Waals surface area contributed by atoms with Gasteiger partial charge in [-0.25, -0.2) is 0 Å².